The third kappa shape index (κ3) is 5.52. The molecular formula is C32H33N3O7. The average molecular weight is 572 g/mol. The topological polar surface area (TPSA) is 135 Å². The lowest BCUT2D eigenvalue weighted by molar-refractivity contribution is -0.164. The third-order valence-electron chi connectivity index (χ3n) is 7.47. The van der Waals surface area contributed by atoms with E-state index in [9.17, 15) is 14.7 Å². The summed E-state index contributed by atoms with van der Waals surface area (Å²) >= 11 is 0. The third-order valence-corrected chi connectivity index (χ3v) is 7.47. The van der Waals surface area contributed by atoms with Gasteiger partial charge in [0.2, 0.25) is 0 Å². The van der Waals surface area contributed by atoms with Crippen LogP contribution in [0.15, 0.2) is 95.9 Å². The fraction of sp³-hybridized carbons (Fsp3) is 0.281. The molecule has 0 spiro atoms. The maximum absolute atomic E-state index is 13.4. The van der Waals surface area contributed by atoms with Crippen LogP contribution in [0.3, 0.4) is 0 Å². The van der Waals surface area contributed by atoms with Gasteiger partial charge in [0.25, 0.3) is 0 Å². The summed E-state index contributed by atoms with van der Waals surface area (Å²) < 4.78 is 25.2. The minimum atomic E-state index is -1.32. The van der Waals surface area contributed by atoms with Crippen molar-refractivity contribution in [1.29, 1.82) is 0 Å². The average Bonchev–Trinajstić information content (AvgIpc) is 3.39. The number of carbonyl (C=O) groups is 1. The molecule has 10 heteroatoms. The lowest BCUT2D eigenvalue weighted by Crippen LogP contribution is -2.48. The van der Waals surface area contributed by atoms with Gasteiger partial charge in [-0.15, -0.1) is 0 Å². The molecule has 4 atom stereocenters. The summed E-state index contributed by atoms with van der Waals surface area (Å²) in [6, 6.07) is 25.8. The summed E-state index contributed by atoms with van der Waals surface area (Å²) in [6.45, 7) is 1.39. The van der Waals surface area contributed by atoms with Crippen molar-refractivity contribution in [3.8, 4) is 11.5 Å². The van der Waals surface area contributed by atoms with Gasteiger partial charge in [0.15, 0.2) is 5.78 Å². The second-order valence-electron chi connectivity index (χ2n) is 10.1. The molecule has 3 aromatic carbocycles. The molecule has 1 unspecified atom stereocenters. The summed E-state index contributed by atoms with van der Waals surface area (Å²) in [6.07, 6.45) is -2.80. The van der Waals surface area contributed by atoms with Gasteiger partial charge in [-0.2, -0.15) is 4.98 Å². The number of aliphatic hydroxyl groups excluding tert-OH is 1. The number of ketones is 1. The van der Waals surface area contributed by atoms with E-state index in [1.165, 1.54) is 23.8 Å². The van der Waals surface area contributed by atoms with Crippen LogP contribution >= 0.6 is 0 Å². The van der Waals surface area contributed by atoms with E-state index >= 15 is 0 Å². The monoisotopic (exact) mass is 571 g/mol. The Morgan fingerprint density at radius 3 is 2.00 bits per heavy atom. The fourth-order valence-corrected chi connectivity index (χ4v) is 5.37. The number of ether oxygens (including phenoxy) is 4. The predicted octanol–water partition coefficient (Wildman–Crippen LogP) is 3.46. The van der Waals surface area contributed by atoms with Crippen LogP contribution in [0.5, 0.6) is 11.5 Å². The van der Waals surface area contributed by atoms with Crippen molar-refractivity contribution >= 4 is 11.6 Å². The van der Waals surface area contributed by atoms with E-state index in [1.807, 2.05) is 78.9 Å². The Morgan fingerprint density at radius 2 is 1.50 bits per heavy atom. The first-order chi connectivity index (χ1) is 20.3. The highest BCUT2D eigenvalue weighted by Crippen LogP contribution is 2.44. The minimum absolute atomic E-state index is 0.0483. The SMILES string of the molecule is COc1ccc(C(OC(C(C)=O)[C@H]2O[C@@H](n3ccc(N)nc3=O)C[C@@H]2O)(c2ccccc2)c2ccc(OC)cc2)cc1. The molecule has 3 N–H and O–H groups in total. The van der Waals surface area contributed by atoms with Crippen LogP contribution in [0, 0.1) is 0 Å². The molecular weight excluding hydrogens is 538 g/mol. The first-order valence-corrected chi connectivity index (χ1v) is 13.5. The molecule has 5 rings (SSSR count). The van der Waals surface area contributed by atoms with Crippen molar-refractivity contribution in [2.45, 2.75) is 43.5 Å². The second-order valence-corrected chi connectivity index (χ2v) is 10.1. The van der Waals surface area contributed by atoms with Crippen molar-refractivity contribution in [3.05, 3.63) is 118 Å². The van der Waals surface area contributed by atoms with Gasteiger partial charge in [0.05, 0.1) is 20.3 Å². The second kappa shape index (κ2) is 12.2. The number of anilines is 1. The molecule has 42 heavy (non-hydrogen) atoms. The predicted molar refractivity (Wildman–Crippen MR) is 155 cm³/mol. The van der Waals surface area contributed by atoms with Crippen LogP contribution < -0.4 is 20.9 Å². The Hall–Kier alpha value is -4.51. The Labute approximate surface area is 243 Å². The van der Waals surface area contributed by atoms with Gasteiger partial charge in [0.1, 0.15) is 41.4 Å². The normalized spacial score (nSPS) is 19.3. The molecule has 0 amide bonds. The Kier molecular flexibility index (Phi) is 8.39. The van der Waals surface area contributed by atoms with Crippen LogP contribution in [0.2, 0.25) is 0 Å². The van der Waals surface area contributed by atoms with Gasteiger partial charge < -0.3 is 29.8 Å². The molecule has 10 nitrogen and oxygen atoms in total. The molecule has 1 saturated heterocycles. The number of nitrogens with two attached hydrogens (primary N) is 1. The number of carbonyl (C=O) groups excluding carboxylic acids is 1. The summed E-state index contributed by atoms with van der Waals surface area (Å²) in [4.78, 5) is 29.6. The first kappa shape index (κ1) is 29.0. The van der Waals surface area contributed by atoms with Gasteiger partial charge >= 0.3 is 5.69 Å². The Morgan fingerprint density at radius 1 is 0.952 bits per heavy atom. The molecule has 1 aliphatic heterocycles. The largest absolute Gasteiger partial charge is 0.497 e. The van der Waals surface area contributed by atoms with Crippen LogP contribution in [0.25, 0.3) is 0 Å². The molecule has 1 aliphatic rings. The number of aliphatic hydroxyl groups is 1. The highest BCUT2D eigenvalue weighted by atomic mass is 16.6. The Balaban J connectivity index is 1.64. The molecule has 0 bridgehead atoms. The summed E-state index contributed by atoms with van der Waals surface area (Å²) in [5.41, 5.74) is 5.88. The number of methoxy groups -OCH3 is 2. The summed E-state index contributed by atoms with van der Waals surface area (Å²) in [5, 5.41) is 11.2. The summed E-state index contributed by atoms with van der Waals surface area (Å²) in [5.74, 6) is 1.02. The lowest BCUT2D eigenvalue weighted by atomic mass is 9.79. The number of nitrogens with zero attached hydrogens (tertiary/aromatic N) is 2. The Bertz CT molecular complexity index is 1530. The van der Waals surface area contributed by atoms with E-state index in [1.54, 1.807) is 14.2 Å². The van der Waals surface area contributed by atoms with Crippen molar-refractivity contribution in [2.24, 2.45) is 0 Å². The molecule has 1 aromatic heterocycles. The summed E-state index contributed by atoms with van der Waals surface area (Å²) in [7, 11) is 3.17. The lowest BCUT2D eigenvalue weighted by Gasteiger charge is -2.40. The number of aromatic nitrogens is 2. The van der Waals surface area contributed by atoms with Crippen LogP contribution in [-0.2, 0) is 19.9 Å². The maximum Gasteiger partial charge on any atom is 0.351 e. The molecule has 1 fully saturated rings. The highest BCUT2D eigenvalue weighted by Gasteiger charge is 2.48. The van der Waals surface area contributed by atoms with E-state index in [0.29, 0.717) is 22.6 Å². The standard InChI is InChI=1S/C32H33N3O7/c1-20(36)29(30-26(37)19-28(41-30)35-18-17-27(33)34-31(35)38)42-32(21-7-5-4-6-8-21,22-9-13-24(39-2)14-10-22)23-11-15-25(40-3)16-12-23/h4-18,26,28-30,37H,19H2,1-3H3,(H2,33,34,38)/t26-,28+,29?,30-/m0/s1. The smallest absolute Gasteiger partial charge is 0.351 e. The molecule has 218 valence electrons. The van der Waals surface area contributed by atoms with Gasteiger partial charge in [-0.25, -0.2) is 4.79 Å². The van der Waals surface area contributed by atoms with Crippen molar-refractivity contribution < 1.29 is 28.8 Å². The molecule has 0 saturated carbocycles. The van der Waals surface area contributed by atoms with E-state index in [2.05, 4.69) is 4.98 Å². The van der Waals surface area contributed by atoms with Gasteiger partial charge in [-0.05, 0) is 53.9 Å². The number of benzene rings is 3. The van der Waals surface area contributed by atoms with Gasteiger partial charge in [0, 0.05) is 12.6 Å². The highest BCUT2D eigenvalue weighted by molar-refractivity contribution is 5.81. The van der Waals surface area contributed by atoms with E-state index < -0.39 is 35.8 Å². The zero-order valence-corrected chi connectivity index (χ0v) is 23.5. The quantitative estimate of drug-likeness (QED) is 0.274. The zero-order valence-electron chi connectivity index (χ0n) is 23.5. The number of hydrogen-bond donors (Lipinski definition) is 2. The van der Waals surface area contributed by atoms with Crippen molar-refractivity contribution in [1.82, 2.24) is 9.55 Å². The fourth-order valence-electron chi connectivity index (χ4n) is 5.37. The number of rotatable bonds is 10. The molecule has 0 aliphatic carbocycles. The van der Waals surface area contributed by atoms with Crippen LogP contribution in [0.4, 0.5) is 5.82 Å². The van der Waals surface area contributed by atoms with E-state index in [-0.39, 0.29) is 18.0 Å². The van der Waals surface area contributed by atoms with Gasteiger partial charge in [-0.1, -0.05) is 54.6 Å². The minimum Gasteiger partial charge on any atom is -0.497 e. The van der Waals surface area contributed by atoms with E-state index in [4.69, 9.17) is 24.7 Å². The number of nitrogen functional groups attached to an aromatic ring is 1. The number of Topliss-reactive ketones (excluding diaryl/α,β-unsaturated/α-hetero) is 1. The molecule has 2 heterocycles. The first-order valence-electron chi connectivity index (χ1n) is 13.5. The van der Waals surface area contributed by atoms with Crippen LogP contribution in [0.1, 0.15) is 36.3 Å². The van der Waals surface area contributed by atoms with Crippen LogP contribution in [-0.4, -0.2) is 53.0 Å². The number of hydrogen-bond acceptors (Lipinski definition) is 9. The zero-order chi connectivity index (χ0) is 29.9. The van der Waals surface area contributed by atoms with Crippen molar-refractivity contribution in [3.63, 3.8) is 0 Å². The maximum atomic E-state index is 13.4. The van der Waals surface area contributed by atoms with E-state index in [0.717, 1.165) is 5.56 Å². The van der Waals surface area contributed by atoms with Crippen molar-refractivity contribution in [2.75, 3.05) is 20.0 Å². The molecule has 4 aromatic rings. The molecule has 0 radical (unpaired) electrons. The van der Waals surface area contributed by atoms with Gasteiger partial charge in [-0.3, -0.25) is 9.36 Å².